The second kappa shape index (κ2) is 31.9. The van der Waals surface area contributed by atoms with Crippen LogP contribution in [0.3, 0.4) is 0 Å². The molecule has 0 aromatic carbocycles. The minimum Gasteiger partial charge on any atom is -0.396 e. The van der Waals surface area contributed by atoms with E-state index in [0.717, 1.165) is 58.5 Å². The summed E-state index contributed by atoms with van der Waals surface area (Å²) in [7, 11) is 0. The molecule has 0 aliphatic rings. The summed E-state index contributed by atoms with van der Waals surface area (Å²) >= 11 is 0. The normalized spacial score (nSPS) is 9.43. The molecule has 15 N–H and O–H groups in total. The number of unbranched alkanes of at least 4 members (excludes halogenated alkanes) is 2. The van der Waals surface area contributed by atoms with Crippen molar-refractivity contribution in [2.45, 2.75) is 19.3 Å². The van der Waals surface area contributed by atoms with Gasteiger partial charge in [-0.25, -0.2) is 0 Å². The van der Waals surface area contributed by atoms with Crippen LogP contribution in [0.25, 0.3) is 0 Å². The lowest BCUT2D eigenvalue weighted by Gasteiger charge is -1.92. The molecule has 0 spiro atoms. The Morgan fingerprint density at radius 3 is 1.62 bits per heavy atom. The molecule has 0 unspecified atom stereocenters. The van der Waals surface area contributed by atoms with E-state index in [4.69, 9.17) is 21.1 Å². The summed E-state index contributed by atoms with van der Waals surface area (Å²) in [5, 5.41) is 28.8. The average Bonchev–Trinajstić information content (AvgIpc) is 2.50. The maximum Gasteiger partial charge on any atom is 0.125 e. The number of quaternary nitrogens is 4. The molecule has 0 heterocycles. The zero-order valence-electron chi connectivity index (χ0n) is 13.7. The highest BCUT2D eigenvalue weighted by Gasteiger charge is 1.84. The van der Waals surface area contributed by atoms with Crippen molar-refractivity contribution in [3.63, 3.8) is 0 Å². The summed E-state index contributed by atoms with van der Waals surface area (Å²) in [6.07, 6.45) is 3.22. The Kier molecular flexibility index (Phi) is 38.9. The second-order valence-electron chi connectivity index (χ2n) is 4.46. The van der Waals surface area contributed by atoms with Crippen molar-refractivity contribution >= 4 is 0 Å². The van der Waals surface area contributed by atoms with Gasteiger partial charge in [0.1, 0.15) is 13.1 Å². The lowest BCUT2D eigenvalue weighted by Crippen LogP contribution is -2.88. The number of aliphatic hydroxyl groups is 3. The Bertz CT molecular complexity index is 109. The third-order valence-electron chi connectivity index (χ3n) is 2.35. The van der Waals surface area contributed by atoms with E-state index in [1.54, 1.807) is 0 Å². The number of hydrogen-bond donors (Lipinski definition) is 8. The highest BCUT2D eigenvalue weighted by molar-refractivity contribution is 4.35. The maximum atomic E-state index is 8.27. The molecule has 0 aliphatic heterocycles. The molecular formula is C13H41N5O3+4. The van der Waals surface area contributed by atoms with Crippen LogP contribution in [0.15, 0.2) is 0 Å². The van der Waals surface area contributed by atoms with E-state index < -0.39 is 0 Å². The van der Waals surface area contributed by atoms with Gasteiger partial charge < -0.3 is 43.2 Å². The molecule has 0 fully saturated rings. The topological polar surface area (TPSA) is 175 Å². The van der Waals surface area contributed by atoms with E-state index in [0.29, 0.717) is 13.2 Å². The fraction of sp³-hybridized carbons (Fsp3) is 1.00. The molecule has 0 radical (unpaired) electrons. The standard InChI is InChI=1S/C5H13NO.2C4H12N2O/c6-4-2-1-3-5-7;2*5-1-2-6-3-4-7/h7H,1-6H2;2*6-7H,1-5H2/p+4. The first-order valence-corrected chi connectivity index (χ1v) is 7.99. The Morgan fingerprint density at radius 2 is 1.24 bits per heavy atom. The summed E-state index contributed by atoms with van der Waals surface area (Å²) in [5.74, 6) is 0. The Labute approximate surface area is 129 Å². The van der Waals surface area contributed by atoms with Gasteiger partial charge in [-0.2, -0.15) is 0 Å². The van der Waals surface area contributed by atoms with Gasteiger partial charge in [-0.15, -0.1) is 0 Å². The fourth-order valence-corrected chi connectivity index (χ4v) is 1.20. The smallest absolute Gasteiger partial charge is 0.125 e. The van der Waals surface area contributed by atoms with Crippen LogP contribution >= 0.6 is 0 Å². The van der Waals surface area contributed by atoms with E-state index in [-0.39, 0.29) is 13.2 Å². The first kappa shape index (κ1) is 25.6. The van der Waals surface area contributed by atoms with Gasteiger partial charge in [0.15, 0.2) is 0 Å². The van der Waals surface area contributed by atoms with E-state index in [2.05, 4.69) is 11.5 Å². The van der Waals surface area contributed by atoms with Crippen molar-refractivity contribution in [3.8, 4) is 0 Å². The molecule has 0 aliphatic carbocycles. The van der Waals surface area contributed by atoms with Crippen molar-refractivity contribution in [2.75, 3.05) is 65.6 Å². The van der Waals surface area contributed by atoms with Crippen LogP contribution in [-0.2, 0) is 0 Å². The lowest BCUT2D eigenvalue weighted by atomic mass is 10.2. The average molecular weight is 316 g/mol. The molecule has 21 heavy (non-hydrogen) atoms. The third-order valence-corrected chi connectivity index (χ3v) is 2.35. The zero-order chi connectivity index (χ0) is 16.6. The van der Waals surface area contributed by atoms with Crippen LogP contribution in [0.2, 0.25) is 0 Å². The summed E-state index contributed by atoms with van der Waals surface area (Å²) in [5.41, 5.74) is 12.5. The zero-order valence-corrected chi connectivity index (χ0v) is 13.7. The highest BCUT2D eigenvalue weighted by atomic mass is 16.3. The Morgan fingerprint density at radius 1 is 0.667 bits per heavy atom. The number of hydrogen-bond acceptors (Lipinski definition) is 4. The maximum absolute atomic E-state index is 8.27. The van der Waals surface area contributed by atoms with Crippen LogP contribution in [0.5, 0.6) is 0 Å². The van der Waals surface area contributed by atoms with E-state index >= 15 is 0 Å². The molecule has 0 aromatic rings. The molecular weight excluding hydrogens is 274 g/mol. The molecule has 0 bridgehead atoms. The predicted octanol–water partition coefficient (Wildman–Crippen LogP) is -6.32. The first-order valence-electron chi connectivity index (χ1n) is 7.99. The van der Waals surface area contributed by atoms with Gasteiger partial charge >= 0.3 is 0 Å². The number of rotatable bonds is 12. The summed E-state index contributed by atoms with van der Waals surface area (Å²) < 4.78 is 0. The quantitative estimate of drug-likeness (QED) is 0.167. The molecule has 0 saturated carbocycles. The van der Waals surface area contributed by atoms with Crippen molar-refractivity contribution < 1.29 is 37.4 Å². The minimum absolute atomic E-state index is 0.250. The van der Waals surface area contributed by atoms with E-state index in [9.17, 15) is 0 Å². The summed E-state index contributed by atoms with van der Waals surface area (Å²) in [6, 6.07) is 0. The summed E-state index contributed by atoms with van der Waals surface area (Å²) in [4.78, 5) is 0. The van der Waals surface area contributed by atoms with Gasteiger partial charge in [-0.1, -0.05) is 0 Å². The molecule has 132 valence electrons. The minimum atomic E-state index is 0.250. The second-order valence-corrected chi connectivity index (χ2v) is 4.46. The predicted molar refractivity (Wildman–Crippen MR) is 83.0 cm³/mol. The molecule has 8 nitrogen and oxygen atoms in total. The van der Waals surface area contributed by atoms with Crippen molar-refractivity contribution in [1.82, 2.24) is 0 Å². The Balaban J connectivity index is -0.000000231. The molecule has 0 aromatic heterocycles. The van der Waals surface area contributed by atoms with E-state index in [1.165, 1.54) is 0 Å². The van der Waals surface area contributed by atoms with Crippen molar-refractivity contribution in [3.05, 3.63) is 0 Å². The van der Waals surface area contributed by atoms with Crippen molar-refractivity contribution in [1.29, 1.82) is 0 Å². The fourth-order valence-electron chi connectivity index (χ4n) is 1.20. The first-order chi connectivity index (χ1) is 10.2. The molecule has 0 atom stereocenters. The van der Waals surface area contributed by atoms with Gasteiger partial charge in [-0.05, 0) is 19.3 Å². The summed E-state index contributed by atoms with van der Waals surface area (Å²) in [6.45, 7) is 7.04. The molecule has 8 heteroatoms. The van der Waals surface area contributed by atoms with Gasteiger partial charge in [0, 0.05) is 13.2 Å². The van der Waals surface area contributed by atoms with Crippen LogP contribution in [0.1, 0.15) is 19.3 Å². The van der Waals surface area contributed by atoms with Crippen LogP contribution in [0, 0.1) is 0 Å². The van der Waals surface area contributed by atoms with E-state index in [1.807, 2.05) is 10.6 Å². The van der Waals surface area contributed by atoms with Crippen molar-refractivity contribution in [2.24, 2.45) is 5.73 Å². The Hall–Kier alpha value is -0.320. The molecule has 0 rings (SSSR count). The number of nitrogens with two attached hydrogens (primary N) is 3. The third kappa shape index (κ3) is 45.1. The largest absolute Gasteiger partial charge is 0.396 e. The van der Waals surface area contributed by atoms with Gasteiger partial charge in [0.2, 0.25) is 0 Å². The van der Waals surface area contributed by atoms with Gasteiger partial charge in [0.25, 0.3) is 0 Å². The van der Waals surface area contributed by atoms with Gasteiger partial charge in [0.05, 0.1) is 39.4 Å². The highest BCUT2D eigenvalue weighted by Crippen LogP contribution is 1.88. The van der Waals surface area contributed by atoms with Crippen LogP contribution in [0.4, 0.5) is 0 Å². The monoisotopic (exact) mass is 315 g/mol. The lowest BCUT2D eigenvalue weighted by molar-refractivity contribution is -0.670. The van der Waals surface area contributed by atoms with Crippen LogP contribution < -0.4 is 27.8 Å². The number of aliphatic hydroxyl groups excluding tert-OH is 3. The van der Waals surface area contributed by atoms with Crippen LogP contribution in [-0.4, -0.2) is 81.0 Å². The molecule has 0 saturated heterocycles. The molecule has 0 amide bonds. The van der Waals surface area contributed by atoms with Gasteiger partial charge in [-0.3, -0.25) is 0 Å². The SMILES string of the molecule is NCC[NH2+]CCO.[NH3+]CCCCCO.[NH3+]CC[NH2+]CCO.